The summed E-state index contributed by atoms with van der Waals surface area (Å²) in [5.74, 6) is 1.64. The zero-order valence-electron chi connectivity index (χ0n) is 16.0. The highest BCUT2D eigenvalue weighted by Gasteiger charge is 1.99. The van der Waals surface area contributed by atoms with Gasteiger partial charge in [-0.15, -0.1) is 24.0 Å². The molecule has 2 N–H and O–H groups in total. The highest BCUT2D eigenvalue weighted by atomic mass is 127. The van der Waals surface area contributed by atoms with Crippen LogP contribution in [0.5, 0.6) is 5.75 Å². The molecule has 148 valence electrons. The van der Waals surface area contributed by atoms with Gasteiger partial charge in [0.15, 0.2) is 5.96 Å². The zero-order chi connectivity index (χ0) is 18.6. The van der Waals surface area contributed by atoms with E-state index in [4.69, 9.17) is 4.74 Å². The molecule has 0 amide bonds. The van der Waals surface area contributed by atoms with E-state index >= 15 is 0 Å². The fraction of sp³-hybridized carbons (Fsp3) is 0.400. The predicted molar refractivity (Wildman–Crippen MR) is 121 cm³/mol. The third kappa shape index (κ3) is 8.47. The topological polar surface area (TPSA) is 67.7 Å². The maximum Gasteiger partial charge on any atom is 0.250 e. The summed E-state index contributed by atoms with van der Waals surface area (Å²) >= 11 is 0. The van der Waals surface area contributed by atoms with E-state index in [1.54, 1.807) is 23.8 Å². The Morgan fingerprint density at radius 3 is 2.74 bits per heavy atom. The monoisotopic (exact) mass is 484 g/mol. The van der Waals surface area contributed by atoms with Crippen LogP contribution in [0.4, 0.5) is 0 Å². The lowest BCUT2D eigenvalue weighted by Gasteiger charge is -2.12. The molecule has 0 radical (unpaired) electrons. The fourth-order valence-electron chi connectivity index (χ4n) is 2.54. The van der Waals surface area contributed by atoms with Crippen LogP contribution in [0.2, 0.25) is 0 Å². The molecule has 1 aromatic heterocycles. The van der Waals surface area contributed by atoms with Gasteiger partial charge in [0.1, 0.15) is 5.75 Å². The molecule has 0 unspecified atom stereocenters. The summed E-state index contributed by atoms with van der Waals surface area (Å²) in [4.78, 5) is 16.3. The number of hydrogen-bond donors (Lipinski definition) is 2. The van der Waals surface area contributed by atoms with Crippen molar-refractivity contribution in [2.45, 2.75) is 32.9 Å². The molecule has 0 bridgehead atoms. The van der Waals surface area contributed by atoms with Gasteiger partial charge in [0.25, 0.3) is 0 Å². The number of unbranched alkanes of at least 4 members (excludes halogenated alkanes) is 1. The van der Waals surface area contributed by atoms with Crippen LogP contribution in [-0.2, 0) is 13.1 Å². The molecule has 0 aliphatic rings. The first-order valence-electron chi connectivity index (χ1n) is 9.03. The number of guanidine groups is 1. The molecule has 2 rings (SSSR count). The summed E-state index contributed by atoms with van der Waals surface area (Å²) in [7, 11) is 1.66. The lowest BCUT2D eigenvalue weighted by atomic mass is 10.2. The van der Waals surface area contributed by atoms with E-state index in [-0.39, 0.29) is 29.5 Å². The van der Waals surface area contributed by atoms with Crippen LogP contribution in [0.15, 0.2) is 58.4 Å². The molecule has 0 aliphatic heterocycles. The second kappa shape index (κ2) is 13.2. The Balaban J connectivity index is 0.00000364. The van der Waals surface area contributed by atoms with Crippen molar-refractivity contribution in [3.63, 3.8) is 0 Å². The predicted octanol–water partition coefficient (Wildman–Crippen LogP) is 3.01. The summed E-state index contributed by atoms with van der Waals surface area (Å²) in [5.41, 5.74) is 1.15. The van der Waals surface area contributed by atoms with Crippen molar-refractivity contribution in [2.75, 3.05) is 20.2 Å². The van der Waals surface area contributed by atoms with E-state index < -0.39 is 0 Å². The maximum atomic E-state index is 11.7. The standard InChI is InChI=1S/C20H28N4O2.HI/c1-3-21-20(23-16-17-9-8-10-18(15-17)26-2)22-12-5-7-14-24-13-6-4-11-19(24)25;/h4,6,8-11,13,15H,3,5,7,12,14,16H2,1-2H3,(H2,21,22,23);1H. The number of rotatable bonds is 9. The fourth-order valence-corrected chi connectivity index (χ4v) is 2.54. The van der Waals surface area contributed by atoms with Crippen LogP contribution >= 0.6 is 24.0 Å². The Morgan fingerprint density at radius 1 is 1.15 bits per heavy atom. The van der Waals surface area contributed by atoms with Crippen LogP contribution in [0, 0.1) is 0 Å². The zero-order valence-corrected chi connectivity index (χ0v) is 18.3. The van der Waals surface area contributed by atoms with E-state index in [0.29, 0.717) is 6.54 Å². The normalized spacial score (nSPS) is 10.8. The van der Waals surface area contributed by atoms with Gasteiger partial charge in [0.2, 0.25) is 5.56 Å². The molecule has 0 saturated carbocycles. The van der Waals surface area contributed by atoms with Crippen molar-refractivity contribution in [3.05, 3.63) is 64.6 Å². The number of nitrogens with zero attached hydrogens (tertiary/aromatic N) is 2. The van der Waals surface area contributed by atoms with Gasteiger partial charge in [-0.25, -0.2) is 4.99 Å². The Hall–Kier alpha value is -2.03. The van der Waals surface area contributed by atoms with Crippen molar-refractivity contribution in [1.82, 2.24) is 15.2 Å². The molecule has 0 spiro atoms. The number of nitrogens with one attached hydrogen (secondary N) is 2. The second-order valence-electron chi connectivity index (χ2n) is 5.91. The Labute approximate surface area is 178 Å². The van der Waals surface area contributed by atoms with E-state index in [1.807, 2.05) is 43.5 Å². The van der Waals surface area contributed by atoms with Gasteiger partial charge in [-0.1, -0.05) is 18.2 Å². The highest BCUT2D eigenvalue weighted by molar-refractivity contribution is 14.0. The summed E-state index contributed by atoms with van der Waals surface area (Å²) in [6.07, 6.45) is 3.73. The molecule has 0 atom stereocenters. The van der Waals surface area contributed by atoms with E-state index in [2.05, 4.69) is 15.6 Å². The van der Waals surface area contributed by atoms with Crippen LogP contribution in [0.1, 0.15) is 25.3 Å². The van der Waals surface area contributed by atoms with Gasteiger partial charge in [-0.05, 0) is 43.5 Å². The molecule has 6 nitrogen and oxygen atoms in total. The minimum Gasteiger partial charge on any atom is -0.497 e. The lowest BCUT2D eigenvalue weighted by Crippen LogP contribution is -2.37. The number of pyridine rings is 1. The van der Waals surface area contributed by atoms with Crippen LogP contribution in [0.3, 0.4) is 0 Å². The number of methoxy groups -OCH3 is 1. The van der Waals surface area contributed by atoms with Crippen LogP contribution in [-0.4, -0.2) is 30.7 Å². The van der Waals surface area contributed by atoms with Crippen molar-refractivity contribution in [2.24, 2.45) is 4.99 Å². The van der Waals surface area contributed by atoms with Crippen molar-refractivity contribution >= 4 is 29.9 Å². The molecule has 1 heterocycles. The molecule has 7 heteroatoms. The minimum absolute atomic E-state index is 0. The summed E-state index contributed by atoms with van der Waals surface area (Å²) in [6, 6.07) is 13.2. The average molecular weight is 484 g/mol. The number of ether oxygens (including phenoxy) is 1. The number of halogens is 1. The summed E-state index contributed by atoms with van der Waals surface area (Å²) in [5, 5.41) is 6.59. The smallest absolute Gasteiger partial charge is 0.250 e. The first-order valence-corrected chi connectivity index (χ1v) is 9.03. The number of benzene rings is 1. The SMILES string of the molecule is CCNC(=NCc1cccc(OC)c1)NCCCCn1ccccc1=O.I. The molecule has 0 fully saturated rings. The summed E-state index contributed by atoms with van der Waals surface area (Å²) in [6.45, 7) is 4.99. The maximum absolute atomic E-state index is 11.7. The molecular formula is C20H29IN4O2. The van der Waals surface area contributed by atoms with E-state index in [1.165, 1.54) is 0 Å². The molecule has 2 aromatic rings. The Morgan fingerprint density at radius 2 is 2.00 bits per heavy atom. The Bertz CT molecular complexity index is 761. The number of aryl methyl sites for hydroxylation is 1. The third-order valence-corrected chi connectivity index (χ3v) is 3.92. The third-order valence-electron chi connectivity index (χ3n) is 3.92. The quantitative estimate of drug-likeness (QED) is 0.249. The molecule has 0 aliphatic carbocycles. The first kappa shape index (κ1) is 23.0. The molecular weight excluding hydrogens is 455 g/mol. The van der Waals surface area contributed by atoms with Gasteiger partial charge in [-0.2, -0.15) is 0 Å². The Kier molecular flexibility index (Phi) is 11.2. The number of aromatic nitrogens is 1. The van der Waals surface area contributed by atoms with Gasteiger partial charge >= 0.3 is 0 Å². The van der Waals surface area contributed by atoms with Gasteiger partial charge in [0.05, 0.1) is 13.7 Å². The van der Waals surface area contributed by atoms with E-state index in [0.717, 1.165) is 49.7 Å². The van der Waals surface area contributed by atoms with Crippen LogP contribution in [0.25, 0.3) is 0 Å². The van der Waals surface area contributed by atoms with Gasteiger partial charge < -0.3 is 19.9 Å². The van der Waals surface area contributed by atoms with Crippen molar-refractivity contribution in [3.8, 4) is 5.75 Å². The van der Waals surface area contributed by atoms with Crippen molar-refractivity contribution in [1.29, 1.82) is 0 Å². The van der Waals surface area contributed by atoms with Crippen LogP contribution < -0.4 is 20.9 Å². The second-order valence-corrected chi connectivity index (χ2v) is 5.91. The summed E-state index contributed by atoms with van der Waals surface area (Å²) < 4.78 is 6.98. The average Bonchev–Trinajstić information content (AvgIpc) is 2.67. The van der Waals surface area contributed by atoms with Gasteiger partial charge in [0, 0.05) is 31.9 Å². The number of hydrogen-bond acceptors (Lipinski definition) is 3. The lowest BCUT2D eigenvalue weighted by molar-refractivity contribution is 0.414. The first-order chi connectivity index (χ1) is 12.7. The van der Waals surface area contributed by atoms with Gasteiger partial charge in [-0.3, -0.25) is 4.79 Å². The van der Waals surface area contributed by atoms with E-state index in [9.17, 15) is 4.79 Å². The molecule has 27 heavy (non-hydrogen) atoms. The number of aliphatic imine (C=N–C) groups is 1. The molecule has 1 aromatic carbocycles. The molecule has 0 saturated heterocycles. The highest BCUT2D eigenvalue weighted by Crippen LogP contribution is 2.13. The largest absolute Gasteiger partial charge is 0.497 e. The minimum atomic E-state index is 0. The van der Waals surface area contributed by atoms with Crippen molar-refractivity contribution < 1.29 is 4.74 Å².